The van der Waals surface area contributed by atoms with E-state index in [1.54, 1.807) is 12.1 Å². The number of carbonyl (C=O) groups excluding carboxylic acids is 1. The molecule has 1 amide bonds. The number of nitrogens with one attached hydrogen (secondary N) is 1. The van der Waals surface area contributed by atoms with Gasteiger partial charge in [-0.1, -0.05) is 62.7 Å². The monoisotopic (exact) mass is 406 g/mol. The average molecular weight is 407 g/mol. The minimum Gasteiger partial charge on any atom is -0.478 e. The number of allylic oxidation sites excluding steroid dienone is 1. The van der Waals surface area contributed by atoms with Crippen molar-refractivity contribution in [3.8, 4) is 11.1 Å². The van der Waals surface area contributed by atoms with E-state index < -0.39 is 5.97 Å². The van der Waals surface area contributed by atoms with Gasteiger partial charge in [-0.05, 0) is 48.9 Å². The zero-order chi connectivity index (χ0) is 21.7. The third-order valence-electron chi connectivity index (χ3n) is 5.78. The van der Waals surface area contributed by atoms with Crippen molar-refractivity contribution in [2.45, 2.75) is 59.2 Å². The zero-order valence-corrected chi connectivity index (χ0v) is 17.9. The molecule has 30 heavy (non-hydrogen) atoms. The van der Waals surface area contributed by atoms with E-state index in [4.69, 9.17) is 0 Å². The fraction of sp³-hybridized carbons (Fsp3) is 0.360. The summed E-state index contributed by atoms with van der Waals surface area (Å²) >= 11 is 0. The van der Waals surface area contributed by atoms with E-state index in [9.17, 15) is 14.7 Å². The van der Waals surface area contributed by atoms with Crippen LogP contribution in [0.4, 0.5) is 0 Å². The van der Waals surface area contributed by atoms with E-state index in [0.717, 1.165) is 41.7 Å². The van der Waals surface area contributed by atoms with Gasteiger partial charge in [0.15, 0.2) is 0 Å². The van der Waals surface area contributed by atoms with Crippen LogP contribution in [-0.2, 0) is 11.3 Å². The van der Waals surface area contributed by atoms with Crippen LogP contribution in [-0.4, -0.2) is 28.0 Å². The Hall–Kier alpha value is -3.08. The van der Waals surface area contributed by atoms with Crippen molar-refractivity contribution in [1.82, 2.24) is 10.2 Å². The lowest BCUT2D eigenvalue weighted by molar-refractivity contribution is -0.121. The number of hydrogen-bond donors (Lipinski definition) is 2. The number of nitrogens with zero attached hydrogens (tertiary/aromatic N) is 1. The van der Waals surface area contributed by atoms with E-state index in [1.165, 1.54) is 0 Å². The first-order valence-corrected chi connectivity index (χ1v) is 10.6. The van der Waals surface area contributed by atoms with E-state index in [-0.39, 0.29) is 12.1 Å². The van der Waals surface area contributed by atoms with Crippen molar-refractivity contribution >= 4 is 11.9 Å². The normalized spacial score (nSPS) is 16.6. The van der Waals surface area contributed by atoms with Crippen LogP contribution in [0.25, 0.3) is 11.1 Å². The summed E-state index contributed by atoms with van der Waals surface area (Å²) in [5, 5.41) is 12.6. The highest BCUT2D eigenvalue weighted by atomic mass is 16.4. The van der Waals surface area contributed by atoms with Crippen molar-refractivity contribution in [1.29, 1.82) is 0 Å². The Morgan fingerprint density at radius 3 is 2.43 bits per heavy atom. The van der Waals surface area contributed by atoms with Gasteiger partial charge in [-0.15, -0.1) is 0 Å². The number of benzene rings is 2. The molecular weight excluding hydrogens is 376 g/mol. The first-order valence-electron chi connectivity index (χ1n) is 10.6. The van der Waals surface area contributed by atoms with Crippen LogP contribution >= 0.6 is 0 Å². The number of hydrogen-bond acceptors (Lipinski definition) is 3. The Morgan fingerprint density at radius 1 is 1.10 bits per heavy atom. The molecule has 0 radical (unpaired) electrons. The van der Waals surface area contributed by atoms with Crippen molar-refractivity contribution in [3.63, 3.8) is 0 Å². The summed E-state index contributed by atoms with van der Waals surface area (Å²) < 4.78 is 0. The van der Waals surface area contributed by atoms with Gasteiger partial charge in [-0.25, -0.2) is 4.79 Å². The quantitative estimate of drug-likeness (QED) is 0.633. The third kappa shape index (κ3) is 4.56. The number of carboxylic acids is 1. The second kappa shape index (κ2) is 9.61. The van der Waals surface area contributed by atoms with Gasteiger partial charge in [0.25, 0.3) is 5.91 Å². The predicted molar refractivity (Wildman–Crippen MR) is 119 cm³/mol. The van der Waals surface area contributed by atoms with Gasteiger partial charge in [0, 0.05) is 17.8 Å². The number of rotatable bonds is 8. The number of carboxylic acid groups (broad SMARTS) is 1. The fourth-order valence-electron chi connectivity index (χ4n) is 4.07. The average Bonchev–Trinajstić information content (AvgIpc) is 2.75. The molecule has 158 valence electrons. The molecule has 0 fully saturated rings. The van der Waals surface area contributed by atoms with Gasteiger partial charge in [0.05, 0.1) is 5.56 Å². The maximum atomic E-state index is 12.5. The fourth-order valence-corrected chi connectivity index (χ4v) is 4.07. The Labute approximate surface area is 178 Å². The summed E-state index contributed by atoms with van der Waals surface area (Å²) in [6.07, 6.45) is 3.77. The number of amides is 1. The molecule has 1 atom stereocenters. The first kappa shape index (κ1) is 21.6. The zero-order valence-electron chi connectivity index (χ0n) is 17.9. The minimum atomic E-state index is -0.926. The van der Waals surface area contributed by atoms with E-state index in [0.29, 0.717) is 24.1 Å². The van der Waals surface area contributed by atoms with Gasteiger partial charge in [0.2, 0.25) is 0 Å². The number of carbonyl (C=O) groups is 2. The summed E-state index contributed by atoms with van der Waals surface area (Å²) in [7, 11) is 0. The topological polar surface area (TPSA) is 69.6 Å². The molecule has 2 aromatic carbocycles. The Morgan fingerprint density at radius 2 is 1.80 bits per heavy atom. The van der Waals surface area contributed by atoms with Crippen molar-refractivity contribution < 1.29 is 14.7 Å². The molecule has 2 N–H and O–H groups in total. The number of unbranched alkanes of at least 4 members (excludes halogenated alkanes) is 1. The Kier molecular flexibility index (Phi) is 6.93. The molecule has 5 heteroatoms. The standard InChI is InChI=1S/C25H30N2O3/c1-4-6-11-23-26-24(28)20(5-2)17(3)27(23)16-18-12-14-19(15-13-18)21-9-7-8-10-22(21)25(29)30/h7-10,12-15,23H,4-6,11,16H2,1-3H3,(H,26,28)(H,29,30). The lowest BCUT2D eigenvalue weighted by Crippen LogP contribution is -2.52. The molecule has 1 aliphatic rings. The molecule has 0 aliphatic carbocycles. The van der Waals surface area contributed by atoms with Crippen LogP contribution < -0.4 is 5.32 Å². The molecule has 1 heterocycles. The van der Waals surface area contributed by atoms with Crippen LogP contribution in [0.5, 0.6) is 0 Å². The highest BCUT2D eigenvalue weighted by Crippen LogP contribution is 2.28. The number of aromatic carboxylic acids is 1. The molecule has 0 aromatic heterocycles. The van der Waals surface area contributed by atoms with E-state index in [1.807, 2.05) is 50.2 Å². The molecule has 0 spiro atoms. The molecule has 1 aliphatic heterocycles. The largest absolute Gasteiger partial charge is 0.478 e. The third-order valence-corrected chi connectivity index (χ3v) is 5.78. The van der Waals surface area contributed by atoms with Crippen molar-refractivity contribution in [2.24, 2.45) is 0 Å². The predicted octanol–water partition coefficient (Wildman–Crippen LogP) is 5.18. The Bertz CT molecular complexity index is 947. The second-order valence-corrected chi connectivity index (χ2v) is 7.72. The smallest absolute Gasteiger partial charge is 0.336 e. The molecule has 0 bridgehead atoms. The minimum absolute atomic E-state index is 0.000151. The first-order chi connectivity index (χ1) is 14.5. The van der Waals surface area contributed by atoms with Gasteiger partial charge in [0.1, 0.15) is 6.17 Å². The van der Waals surface area contributed by atoms with Crippen LogP contribution in [0.3, 0.4) is 0 Å². The van der Waals surface area contributed by atoms with E-state index in [2.05, 4.69) is 17.1 Å². The van der Waals surface area contributed by atoms with Gasteiger partial charge in [-0.2, -0.15) is 0 Å². The van der Waals surface area contributed by atoms with Crippen molar-refractivity contribution in [3.05, 3.63) is 70.9 Å². The summed E-state index contributed by atoms with van der Waals surface area (Å²) in [4.78, 5) is 26.3. The van der Waals surface area contributed by atoms with Crippen LogP contribution in [0, 0.1) is 0 Å². The van der Waals surface area contributed by atoms with Crippen LogP contribution in [0.15, 0.2) is 59.8 Å². The molecule has 1 unspecified atom stereocenters. The summed E-state index contributed by atoms with van der Waals surface area (Å²) in [6, 6.07) is 15.1. The maximum absolute atomic E-state index is 12.5. The lowest BCUT2D eigenvalue weighted by Gasteiger charge is -2.40. The van der Waals surface area contributed by atoms with Crippen LogP contribution in [0.2, 0.25) is 0 Å². The molecule has 5 nitrogen and oxygen atoms in total. The van der Waals surface area contributed by atoms with Gasteiger partial charge in [-0.3, -0.25) is 4.79 Å². The van der Waals surface area contributed by atoms with Crippen LogP contribution in [0.1, 0.15) is 62.4 Å². The molecule has 0 saturated heterocycles. The summed E-state index contributed by atoms with van der Waals surface area (Å²) in [6.45, 7) is 6.90. The molecule has 3 rings (SSSR count). The summed E-state index contributed by atoms with van der Waals surface area (Å²) in [5.74, 6) is -0.877. The highest BCUT2D eigenvalue weighted by molar-refractivity contribution is 5.96. The summed E-state index contributed by atoms with van der Waals surface area (Å²) in [5.41, 5.74) is 4.91. The van der Waals surface area contributed by atoms with E-state index >= 15 is 0 Å². The van der Waals surface area contributed by atoms with Gasteiger partial charge < -0.3 is 15.3 Å². The van der Waals surface area contributed by atoms with Crippen molar-refractivity contribution in [2.75, 3.05) is 0 Å². The Balaban J connectivity index is 1.86. The second-order valence-electron chi connectivity index (χ2n) is 7.72. The molecule has 0 saturated carbocycles. The maximum Gasteiger partial charge on any atom is 0.336 e. The lowest BCUT2D eigenvalue weighted by atomic mass is 9.98. The molecular formula is C25H30N2O3. The highest BCUT2D eigenvalue weighted by Gasteiger charge is 2.29. The van der Waals surface area contributed by atoms with Gasteiger partial charge >= 0.3 is 5.97 Å². The molecule has 2 aromatic rings. The SMILES string of the molecule is CCCCC1NC(=O)C(CC)=C(C)N1Cc1ccc(-c2ccccc2C(=O)O)cc1.